The number of carbonyl (C=O) groups is 1. The van der Waals surface area contributed by atoms with Gasteiger partial charge in [0.05, 0.1) is 5.69 Å². The fourth-order valence-corrected chi connectivity index (χ4v) is 5.06. The second-order valence-corrected chi connectivity index (χ2v) is 11.2. The fraction of sp³-hybridized carbons (Fsp3) is 0.143. The number of halogens is 5. The smallest absolute Gasteiger partial charge is 0.253 e. The van der Waals surface area contributed by atoms with Crippen molar-refractivity contribution >= 4 is 106 Å². The summed E-state index contributed by atoms with van der Waals surface area (Å²) < 4.78 is -0.144. The van der Waals surface area contributed by atoms with Crippen LogP contribution in [0.1, 0.15) is 15.9 Å². The van der Waals surface area contributed by atoms with Gasteiger partial charge in [-0.3, -0.25) is 4.79 Å². The van der Waals surface area contributed by atoms with Crippen LogP contribution in [0, 0.1) is 6.92 Å². The molecule has 0 spiro atoms. The summed E-state index contributed by atoms with van der Waals surface area (Å²) in [6, 6.07) is 16.8. The summed E-state index contributed by atoms with van der Waals surface area (Å²) in [6.45, 7) is 1.93. The van der Waals surface area contributed by atoms with Crippen molar-refractivity contribution in [1.82, 2.24) is 10.6 Å². The Morgan fingerprint density at radius 1 is 1.03 bits per heavy atom. The maximum absolute atomic E-state index is 13.0. The fourth-order valence-electron chi connectivity index (χ4n) is 2.97. The van der Waals surface area contributed by atoms with Crippen LogP contribution in [0.2, 0.25) is 0 Å². The number of anilines is 1. The van der Waals surface area contributed by atoms with E-state index in [-0.39, 0.29) is 5.11 Å². The Morgan fingerprint density at radius 3 is 2.39 bits per heavy atom. The van der Waals surface area contributed by atoms with Gasteiger partial charge in [0.25, 0.3) is 5.91 Å². The lowest BCUT2D eigenvalue weighted by Crippen LogP contribution is -2.56. The molecule has 0 aliphatic carbocycles. The highest BCUT2D eigenvalue weighted by atomic mass is 79.9. The largest absolute Gasteiger partial charge is 0.339 e. The molecule has 10 heteroatoms. The molecule has 3 rings (SSSR count). The molecule has 162 valence electrons. The van der Waals surface area contributed by atoms with Crippen LogP contribution >= 0.6 is 78.9 Å². The molecule has 3 aromatic rings. The number of thiocarbonyl (C=S) groups is 1. The van der Waals surface area contributed by atoms with Crippen LogP contribution in [0.5, 0.6) is 0 Å². The highest BCUT2D eigenvalue weighted by molar-refractivity contribution is 9.11. The van der Waals surface area contributed by atoms with E-state index in [0.29, 0.717) is 5.56 Å². The normalized spacial score (nSPS) is 12.3. The maximum atomic E-state index is 13.0. The van der Waals surface area contributed by atoms with Crippen LogP contribution in [0.15, 0.2) is 63.5 Å². The van der Waals surface area contributed by atoms with E-state index in [0.717, 1.165) is 31.0 Å². The molecule has 0 aromatic heterocycles. The molecule has 0 aliphatic heterocycles. The van der Waals surface area contributed by atoms with Gasteiger partial charge in [-0.05, 0) is 69.6 Å². The molecular weight excluding hydrogens is 608 g/mol. The van der Waals surface area contributed by atoms with Gasteiger partial charge in [-0.2, -0.15) is 0 Å². The highest BCUT2D eigenvalue weighted by Gasteiger charge is 2.35. The molecule has 1 amide bonds. The lowest BCUT2D eigenvalue weighted by molar-refractivity contribution is 0.0936. The third-order valence-corrected chi connectivity index (χ3v) is 6.36. The topological polar surface area (TPSA) is 53.2 Å². The van der Waals surface area contributed by atoms with E-state index in [1.165, 1.54) is 0 Å². The Kier molecular flexibility index (Phi) is 8.10. The molecule has 0 heterocycles. The number of nitrogens with one attached hydrogen (secondary N) is 3. The number of aryl methyl sites for hydroxylation is 1. The van der Waals surface area contributed by atoms with E-state index in [9.17, 15) is 4.79 Å². The summed E-state index contributed by atoms with van der Waals surface area (Å²) in [5.41, 5.74) is 2.16. The number of carbonyl (C=O) groups excluding carboxylic acids is 1. The van der Waals surface area contributed by atoms with E-state index in [2.05, 4.69) is 47.8 Å². The maximum Gasteiger partial charge on any atom is 0.253 e. The van der Waals surface area contributed by atoms with Gasteiger partial charge in [-0.25, -0.2) is 0 Å². The molecular formula is C21H16Br2Cl3N3OS. The third kappa shape index (κ3) is 6.24. The number of fused-ring (bicyclic) bond motifs is 1. The average Bonchev–Trinajstić information content (AvgIpc) is 2.69. The number of amides is 1. The van der Waals surface area contributed by atoms with Gasteiger partial charge >= 0.3 is 0 Å². The van der Waals surface area contributed by atoms with Gasteiger partial charge in [0.1, 0.15) is 6.17 Å². The number of alkyl halides is 3. The van der Waals surface area contributed by atoms with E-state index in [4.69, 9.17) is 47.0 Å². The molecule has 31 heavy (non-hydrogen) atoms. The zero-order valence-corrected chi connectivity index (χ0v) is 22.2. The van der Waals surface area contributed by atoms with Crippen molar-refractivity contribution in [2.45, 2.75) is 16.9 Å². The van der Waals surface area contributed by atoms with Crippen LogP contribution < -0.4 is 16.0 Å². The van der Waals surface area contributed by atoms with Crippen molar-refractivity contribution in [3.63, 3.8) is 0 Å². The van der Waals surface area contributed by atoms with Gasteiger partial charge in [-0.1, -0.05) is 87.1 Å². The number of benzene rings is 3. The van der Waals surface area contributed by atoms with Crippen molar-refractivity contribution in [2.75, 3.05) is 5.32 Å². The SMILES string of the molecule is Cc1cc(Br)cc(Br)c1NC(=S)NC(NC(=O)c1cccc2ccccc12)C(Cl)(Cl)Cl. The van der Waals surface area contributed by atoms with Crippen molar-refractivity contribution in [2.24, 2.45) is 0 Å². The standard InChI is InChI=1S/C21H16Br2Cl3N3OS/c1-11-9-13(22)10-16(23)17(11)27-20(31)29-19(21(24,25)26)28-18(30)15-8-4-6-12-5-2-3-7-14(12)15/h2-10,19H,1H3,(H,28,30)(H2,27,29,31). The molecule has 0 bridgehead atoms. The first-order valence-corrected chi connectivity index (χ1v) is 12.1. The summed E-state index contributed by atoms with van der Waals surface area (Å²) in [4.78, 5) is 13.0. The van der Waals surface area contributed by atoms with Crippen LogP contribution in [-0.4, -0.2) is 21.0 Å². The van der Waals surface area contributed by atoms with E-state index in [1.54, 1.807) is 12.1 Å². The summed E-state index contributed by atoms with van der Waals surface area (Å²) in [5.74, 6) is -0.399. The molecule has 0 aliphatic rings. The highest BCUT2D eigenvalue weighted by Crippen LogP contribution is 2.32. The van der Waals surface area contributed by atoms with Crippen LogP contribution in [-0.2, 0) is 0 Å². The Bertz CT molecular complexity index is 1130. The Hall–Kier alpha value is -1.09. The lowest BCUT2D eigenvalue weighted by atomic mass is 10.0. The van der Waals surface area contributed by atoms with E-state index in [1.807, 2.05) is 49.4 Å². The third-order valence-electron chi connectivity index (χ3n) is 4.40. The summed E-state index contributed by atoms with van der Waals surface area (Å²) in [5, 5.41) is 10.6. The molecule has 0 fully saturated rings. The van der Waals surface area contributed by atoms with E-state index < -0.39 is 15.9 Å². The van der Waals surface area contributed by atoms with Gasteiger partial charge in [0.2, 0.25) is 3.79 Å². The van der Waals surface area contributed by atoms with Crippen molar-refractivity contribution in [1.29, 1.82) is 0 Å². The zero-order chi connectivity index (χ0) is 22.8. The minimum Gasteiger partial charge on any atom is -0.339 e. The Balaban J connectivity index is 1.80. The summed E-state index contributed by atoms with van der Waals surface area (Å²) in [7, 11) is 0. The molecule has 4 nitrogen and oxygen atoms in total. The van der Waals surface area contributed by atoms with E-state index >= 15 is 0 Å². The first-order chi connectivity index (χ1) is 14.6. The number of hydrogen-bond donors (Lipinski definition) is 3. The Labute approximate surface area is 217 Å². The average molecular weight is 625 g/mol. The van der Waals surface area contributed by atoms with Crippen LogP contribution in [0.25, 0.3) is 10.8 Å². The molecule has 3 aromatic carbocycles. The molecule has 3 N–H and O–H groups in total. The van der Waals surface area contributed by atoms with Crippen LogP contribution in [0.4, 0.5) is 5.69 Å². The first-order valence-electron chi connectivity index (χ1n) is 8.95. The molecule has 0 saturated heterocycles. The molecule has 1 unspecified atom stereocenters. The number of rotatable bonds is 4. The van der Waals surface area contributed by atoms with Gasteiger partial charge < -0.3 is 16.0 Å². The summed E-state index contributed by atoms with van der Waals surface area (Å²) in [6.07, 6.45) is -1.08. The Morgan fingerprint density at radius 2 is 1.71 bits per heavy atom. The first kappa shape index (κ1) is 24.6. The zero-order valence-electron chi connectivity index (χ0n) is 16.0. The number of hydrogen-bond acceptors (Lipinski definition) is 2. The molecule has 0 radical (unpaired) electrons. The second kappa shape index (κ2) is 10.2. The predicted octanol–water partition coefficient (Wildman–Crippen LogP) is 7.09. The quantitative estimate of drug-likeness (QED) is 0.165. The minimum absolute atomic E-state index is 0.181. The van der Waals surface area contributed by atoms with Gasteiger partial charge in [-0.15, -0.1) is 0 Å². The van der Waals surface area contributed by atoms with Gasteiger partial charge in [0.15, 0.2) is 5.11 Å². The summed E-state index contributed by atoms with van der Waals surface area (Å²) >= 11 is 30.7. The monoisotopic (exact) mass is 621 g/mol. The van der Waals surface area contributed by atoms with Gasteiger partial charge in [0, 0.05) is 14.5 Å². The van der Waals surface area contributed by atoms with Crippen molar-refractivity contribution < 1.29 is 4.79 Å². The lowest BCUT2D eigenvalue weighted by Gasteiger charge is -2.28. The van der Waals surface area contributed by atoms with Crippen molar-refractivity contribution in [3.05, 3.63) is 74.7 Å². The minimum atomic E-state index is -1.86. The molecule has 1 atom stereocenters. The second-order valence-electron chi connectivity index (χ2n) is 6.65. The predicted molar refractivity (Wildman–Crippen MR) is 141 cm³/mol. The van der Waals surface area contributed by atoms with Crippen LogP contribution in [0.3, 0.4) is 0 Å². The van der Waals surface area contributed by atoms with Crippen molar-refractivity contribution in [3.8, 4) is 0 Å². The molecule has 0 saturated carbocycles.